The summed E-state index contributed by atoms with van der Waals surface area (Å²) in [6.45, 7) is 11.9. The Bertz CT molecular complexity index is 813. The van der Waals surface area contributed by atoms with Gasteiger partial charge in [0, 0.05) is 42.7 Å². The maximum Gasteiger partial charge on any atom is 0.253 e. The third-order valence-electron chi connectivity index (χ3n) is 6.03. The minimum Gasteiger partial charge on any atom is -0.318 e. The molecule has 1 saturated heterocycles. The second-order valence-corrected chi connectivity index (χ2v) is 8.10. The molecule has 1 fully saturated rings. The zero-order valence-corrected chi connectivity index (χ0v) is 16.7. The van der Waals surface area contributed by atoms with Gasteiger partial charge in [0.25, 0.3) is 5.56 Å². The Hall–Kier alpha value is -1.94. The van der Waals surface area contributed by atoms with Crippen molar-refractivity contribution in [2.45, 2.75) is 47.1 Å². The monoisotopic (exact) mass is 353 g/mol. The number of piperidine rings is 1. The Labute approximate surface area is 156 Å². The van der Waals surface area contributed by atoms with Crippen molar-refractivity contribution in [3.63, 3.8) is 0 Å². The van der Waals surface area contributed by atoms with Crippen LogP contribution in [0.15, 0.2) is 29.3 Å². The molecule has 0 bridgehead atoms. The van der Waals surface area contributed by atoms with Crippen LogP contribution in [-0.4, -0.2) is 27.5 Å². The number of hydrogen-bond donors (Lipinski definition) is 0. The van der Waals surface area contributed by atoms with E-state index in [0.717, 1.165) is 46.3 Å². The van der Waals surface area contributed by atoms with E-state index in [4.69, 9.17) is 4.98 Å². The minimum atomic E-state index is 0.0700. The highest BCUT2D eigenvalue weighted by atomic mass is 16.1. The van der Waals surface area contributed by atoms with Crippen molar-refractivity contribution in [3.05, 3.63) is 51.7 Å². The van der Waals surface area contributed by atoms with Gasteiger partial charge in [-0.1, -0.05) is 19.9 Å². The molecule has 2 aromatic rings. The first kappa shape index (κ1) is 18.8. The van der Waals surface area contributed by atoms with Gasteiger partial charge in [-0.2, -0.15) is 0 Å². The first-order valence-corrected chi connectivity index (χ1v) is 9.71. The average molecular weight is 354 g/mol. The second kappa shape index (κ2) is 7.75. The molecule has 0 aliphatic carbocycles. The third kappa shape index (κ3) is 3.90. The van der Waals surface area contributed by atoms with Crippen molar-refractivity contribution in [3.8, 4) is 11.1 Å². The van der Waals surface area contributed by atoms with Crippen LogP contribution in [0.25, 0.3) is 11.1 Å². The zero-order valence-electron chi connectivity index (χ0n) is 16.7. The summed E-state index contributed by atoms with van der Waals surface area (Å²) in [5, 5.41) is 0. The molecule has 26 heavy (non-hydrogen) atoms. The summed E-state index contributed by atoms with van der Waals surface area (Å²) < 4.78 is 1.66. The lowest BCUT2D eigenvalue weighted by molar-refractivity contribution is 0.150. The van der Waals surface area contributed by atoms with Crippen LogP contribution in [0, 0.1) is 25.7 Å². The molecule has 3 rings (SSSR count). The third-order valence-corrected chi connectivity index (χ3v) is 6.03. The SMILES string of the molecule is Cc1c(-c2ccc(CN3CCC(C(C)C)CC3)nc2)cn(C)c(=O)c1C. The summed E-state index contributed by atoms with van der Waals surface area (Å²) in [4.78, 5) is 19.3. The van der Waals surface area contributed by atoms with Crippen LogP contribution in [0.1, 0.15) is 43.5 Å². The molecule has 0 atom stereocenters. The molecule has 0 amide bonds. The first-order valence-electron chi connectivity index (χ1n) is 9.71. The molecule has 0 saturated carbocycles. The van der Waals surface area contributed by atoms with Gasteiger partial charge in [0.1, 0.15) is 0 Å². The molecule has 0 radical (unpaired) electrons. The Morgan fingerprint density at radius 1 is 1.15 bits per heavy atom. The number of rotatable bonds is 4. The number of pyridine rings is 2. The molecule has 3 heterocycles. The standard InChI is InChI=1S/C22H31N3O/c1-15(2)18-8-10-25(11-9-18)13-20-7-6-19(12-23-20)21-14-24(5)22(26)17(4)16(21)3/h6-7,12,14-15,18H,8-11,13H2,1-5H3. The molecular formula is C22H31N3O. The average Bonchev–Trinajstić information content (AvgIpc) is 2.64. The molecular weight excluding hydrogens is 322 g/mol. The predicted octanol–water partition coefficient (Wildman–Crippen LogP) is 3.93. The smallest absolute Gasteiger partial charge is 0.253 e. The van der Waals surface area contributed by atoms with E-state index in [1.807, 2.05) is 26.2 Å². The van der Waals surface area contributed by atoms with Crippen LogP contribution in [0.3, 0.4) is 0 Å². The van der Waals surface area contributed by atoms with Crippen LogP contribution in [-0.2, 0) is 13.6 Å². The number of nitrogens with zero attached hydrogens (tertiary/aromatic N) is 3. The minimum absolute atomic E-state index is 0.0700. The number of aromatic nitrogens is 2. The van der Waals surface area contributed by atoms with Gasteiger partial charge in [0.05, 0.1) is 5.69 Å². The van der Waals surface area contributed by atoms with E-state index in [0.29, 0.717) is 0 Å². The maximum atomic E-state index is 12.1. The molecule has 0 aromatic carbocycles. The largest absolute Gasteiger partial charge is 0.318 e. The fourth-order valence-electron chi connectivity index (χ4n) is 3.95. The molecule has 1 aliphatic rings. The fraction of sp³-hybridized carbons (Fsp3) is 0.545. The predicted molar refractivity (Wildman–Crippen MR) is 107 cm³/mol. The maximum absolute atomic E-state index is 12.1. The van der Waals surface area contributed by atoms with Gasteiger partial charge in [-0.15, -0.1) is 0 Å². The highest BCUT2D eigenvalue weighted by Gasteiger charge is 2.21. The molecule has 4 nitrogen and oxygen atoms in total. The lowest BCUT2D eigenvalue weighted by Crippen LogP contribution is -2.34. The van der Waals surface area contributed by atoms with Crippen molar-refractivity contribution in [1.82, 2.24) is 14.5 Å². The fourth-order valence-corrected chi connectivity index (χ4v) is 3.95. The van der Waals surface area contributed by atoms with Crippen LogP contribution in [0.4, 0.5) is 0 Å². The summed E-state index contributed by atoms with van der Waals surface area (Å²) in [5.41, 5.74) is 5.20. The summed E-state index contributed by atoms with van der Waals surface area (Å²) in [6.07, 6.45) is 6.46. The number of aryl methyl sites for hydroxylation is 1. The van der Waals surface area contributed by atoms with Crippen LogP contribution >= 0.6 is 0 Å². The Morgan fingerprint density at radius 2 is 1.85 bits per heavy atom. The van der Waals surface area contributed by atoms with Gasteiger partial charge in [-0.25, -0.2) is 0 Å². The van der Waals surface area contributed by atoms with E-state index in [2.05, 4.69) is 30.9 Å². The van der Waals surface area contributed by atoms with Crippen LogP contribution in [0.2, 0.25) is 0 Å². The van der Waals surface area contributed by atoms with Crippen molar-refractivity contribution < 1.29 is 0 Å². The summed E-state index contributed by atoms with van der Waals surface area (Å²) in [7, 11) is 1.81. The van der Waals surface area contributed by atoms with Crippen molar-refractivity contribution >= 4 is 0 Å². The highest BCUT2D eigenvalue weighted by Crippen LogP contribution is 2.26. The lowest BCUT2D eigenvalue weighted by Gasteiger charge is -2.33. The Kier molecular flexibility index (Phi) is 5.61. The van der Waals surface area contributed by atoms with Gasteiger partial charge < -0.3 is 4.57 Å². The zero-order chi connectivity index (χ0) is 18.8. The molecule has 4 heteroatoms. The topological polar surface area (TPSA) is 38.1 Å². The number of hydrogen-bond acceptors (Lipinski definition) is 3. The molecule has 2 aromatic heterocycles. The van der Waals surface area contributed by atoms with Gasteiger partial charge in [0.15, 0.2) is 0 Å². The van der Waals surface area contributed by atoms with Gasteiger partial charge in [-0.05, 0) is 63.2 Å². The highest BCUT2D eigenvalue weighted by molar-refractivity contribution is 5.66. The first-order chi connectivity index (χ1) is 12.4. The Balaban J connectivity index is 1.71. The summed E-state index contributed by atoms with van der Waals surface area (Å²) in [6, 6.07) is 4.26. The van der Waals surface area contributed by atoms with E-state index < -0.39 is 0 Å². The second-order valence-electron chi connectivity index (χ2n) is 8.10. The van der Waals surface area contributed by atoms with Gasteiger partial charge in [-0.3, -0.25) is 14.7 Å². The van der Waals surface area contributed by atoms with E-state index in [-0.39, 0.29) is 5.56 Å². The number of likely N-dealkylation sites (tertiary alicyclic amines) is 1. The van der Waals surface area contributed by atoms with E-state index in [9.17, 15) is 4.79 Å². The van der Waals surface area contributed by atoms with Gasteiger partial charge in [0.2, 0.25) is 0 Å². The Morgan fingerprint density at radius 3 is 2.42 bits per heavy atom. The van der Waals surface area contributed by atoms with E-state index in [1.54, 1.807) is 11.6 Å². The normalized spacial score (nSPS) is 16.4. The molecule has 0 unspecified atom stereocenters. The van der Waals surface area contributed by atoms with Crippen molar-refractivity contribution in [2.24, 2.45) is 18.9 Å². The molecule has 140 valence electrons. The van der Waals surface area contributed by atoms with Crippen LogP contribution < -0.4 is 5.56 Å². The van der Waals surface area contributed by atoms with Gasteiger partial charge >= 0.3 is 0 Å². The quantitative estimate of drug-likeness (QED) is 0.836. The summed E-state index contributed by atoms with van der Waals surface area (Å²) in [5.74, 6) is 1.67. The van der Waals surface area contributed by atoms with Crippen LogP contribution in [0.5, 0.6) is 0 Å². The van der Waals surface area contributed by atoms with E-state index in [1.165, 1.54) is 25.9 Å². The summed E-state index contributed by atoms with van der Waals surface area (Å²) >= 11 is 0. The molecule has 1 aliphatic heterocycles. The molecule has 0 N–H and O–H groups in total. The van der Waals surface area contributed by atoms with E-state index >= 15 is 0 Å². The van der Waals surface area contributed by atoms with Crippen molar-refractivity contribution in [1.29, 1.82) is 0 Å². The lowest BCUT2D eigenvalue weighted by atomic mass is 9.87. The molecule has 0 spiro atoms. The van der Waals surface area contributed by atoms with Crippen molar-refractivity contribution in [2.75, 3.05) is 13.1 Å².